The van der Waals surface area contributed by atoms with Crippen LogP contribution in [0.1, 0.15) is 39.5 Å². The van der Waals surface area contributed by atoms with E-state index in [1.165, 1.54) is 32.2 Å². The Kier molecular flexibility index (Phi) is 9.53. The van der Waals surface area contributed by atoms with Gasteiger partial charge in [0.15, 0.2) is 0 Å². The molecule has 0 spiro atoms. The molecule has 0 fully saturated rings. The number of hydrogen-bond acceptors (Lipinski definition) is 1. The van der Waals surface area contributed by atoms with Crippen LogP contribution >= 0.6 is 11.6 Å². The van der Waals surface area contributed by atoms with Crippen molar-refractivity contribution in [2.24, 2.45) is 0 Å². The lowest BCUT2D eigenvalue weighted by Gasteiger charge is -2.18. The van der Waals surface area contributed by atoms with Gasteiger partial charge in [0.25, 0.3) is 0 Å². The minimum atomic E-state index is 0.765. The molecule has 0 unspecified atom stereocenters. The van der Waals surface area contributed by atoms with Gasteiger partial charge in [-0.15, -0.1) is 11.6 Å². The van der Waals surface area contributed by atoms with Crippen LogP contribution in [0, 0.1) is 0 Å². The quantitative estimate of drug-likeness (QED) is 0.421. The molecular weight excluding hydrogens is 170 g/mol. The number of alkyl halides is 1. The van der Waals surface area contributed by atoms with Gasteiger partial charge in [-0.3, -0.25) is 0 Å². The summed E-state index contributed by atoms with van der Waals surface area (Å²) in [6.45, 7) is 7.86. The molecule has 12 heavy (non-hydrogen) atoms. The van der Waals surface area contributed by atoms with E-state index >= 15 is 0 Å². The highest BCUT2D eigenvalue weighted by molar-refractivity contribution is 6.18. The highest BCUT2D eigenvalue weighted by Crippen LogP contribution is 2.01. The minimum absolute atomic E-state index is 0.765. The van der Waals surface area contributed by atoms with Gasteiger partial charge in [0.2, 0.25) is 0 Å². The maximum atomic E-state index is 5.67. The summed E-state index contributed by atoms with van der Waals surface area (Å²) >= 11 is 5.67. The summed E-state index contributed by atoms with van der Waals surface area (Å²) in [5.41, 5.74) is 0. The van der Waals surface area contributed by atoms with Crippen LogP contribution in [0.2, 0.25) is 0 Å². The summed E-state index contributed by atoms with van der Waals surface area (Å²) in [6.07, 6.45) is 5.40. The first kappa shape index (κ1) is 12.2. The monoisotopic (exact) mass is 191 g/mol. The van der Waals surface area contributed by atoms with Crippen LogP contribution in [-0.2, 0) is 0 Å². The van der Waals surface area contributed by atoms with Gasteiger partial charge >= 0.3 is 0 Å². The zero-order valence-electron chi connectivity index (χ0n) is 8.48. The van der Waals surface area contributed by atoms with Crippen molar-refractivity contribution in [1.29, 1.82) is 0 Å². The molecule has 0 rings (SSSR count). The fourth-order valence-corrected chi connectivity index (χ4v) is 1.55. The largest absolute Gasteiger partial charge is 0.302 e. The van der Waals surface area contributed by atoms with Crippen LogP contribution in [-0.4, -0.2) is 30.4 Å². The van der Waals surface area contributed by atoms with E-state index < -0.39 is 0 Å². The Morgan fingerprint density at radius 3 is 2.25 bits per heavy atom. The number of unbranched alkanes of at least 4 members (excludes halogenated alkanes) is 3. The van der Waals surface area contributed by atoms with Crippen molar-refractivity contribution in [2.75, 3.05) is 25.5 Å². The van der Waals surface area contributed by atoms with E-state index in [0.29, 0.717) is 0 Å². The average molecular weight is 192 g/mol. The third-order valence-electron chi connectivity index (χ3n) is 2.18. The van der Waals surface area contributed by atoms with Gasteiger partial charge in [-0.05, 0) is 19.5 Å². The summed E-state index contributed by atoms with van der Waals surface area (Å²) in [4.78, 5) is 2.42. The van der Waals surface area contributed by atoms with Crippen LogP contribution in [0.4, 0.5) is 0 Å². The molecule has 0 atom stereocenters. The fourth-order valence-electron chi connectivity index (χ4n) is 1.31. The molecule has 0 aliphatic heterocycles. The first-order valence-corrected chi connectivity index (χ1v) is 5.66. The molecule has 0 heterocycles. The van der Waals surface area contributed by atoms with E-state index in [-0.39, 0.29) is 0 Å². The molecule has 0 aromatic heterocycles. The number of rotatable bonds is 8. The van der Waals surface area contributed by atoms with Crippen molar-refractivity contribution in [3.63, 3.8) is 0 Å². The zero-order valence-corrected chi connectivity index (χ0v) is 9.24. The standard InChI is InChI=1S/C10H22ClN/c1-3-5-6-7-9-12(4-2)10-8-11/h3-10H2,1-2H3. The minimum Gasteiger partial charge on any atom is -0.302 e. The maximum Gasteiger partial charge on any atom is 0.0351 e. The summed E-state index contributed by atoms with van der Waals surface area (Å²) in [5, 5.41) is 0. The first-order chi connectivity index (χ1) is 5.85. The second kappa shape index (κ2) is 9.34. The van der Waals surface area contributed by atoms with Gasteiger partial charge in [-0.25, -0.2) is 0 Å². The van der Waals surface area contributed by atoms with Crippen LogP contribution in [0.25, 0.3) is 0 Å². The predicted molar refractivity (Wildman–Crippen MR) is 57.0 cm³/mol. The fraction of sp³-hybridized carbons (Fsp3) is 1.00. The topological polar surface area (TPSA) is 3.24 Å². The zero-order chi connectivity index (χ0) is 9.23. The van der Waals surface area contributed by atoms with Crippen molar-refractivity contribution < 1.29 is 0 Å². The molecule has 0 radical (unpaired) electrons. The number of halogens is 1. The summed E-state index contributed by atoms with van der Waals surface area (Å²) in [5.74, 6) is 0.765. The van der Waals surface area contributed by atoms with Crippen molar-refractivity contribution >= 4 is 11.6 Å². The van der Waals surface area contributed by atoms with Gasteiger partial charge in [0.05, 0.1) is 0 Å². The molecule has 2 heteroatoms. The smallest absolute Gasteiger partial charge is 0.0351 e. The van der Waals surface area contributed by atoms with E-state index in [1.807, 2.05) is 0 Å². The van der Waals surface area contributed by atoms with E-state index in [9.17, 15) is 0 Å². The SMILES string of the molecule is CCCCCCN(CC)CCCl. The highest BCUT2D eigenvalue weighted by atomic mass is 35.5. The van der Waals surface area contributed by atoms with Crippen molar-refractivity contribution in [3.8, 4) is 0 Å². The van der Waals surface area contributed by atoms with Gasteiger partial charge in [0.1, 0.15) is 0 Å². The third kappa shape index (κ3) is 6.93. The van der Waals surface area contributed by atoms with Crippen molar-refractivity contribution in [2.45, 2.75) is 39.5 Å². The highest BCUT2D eigenvalue weighted by Gasteiger charge is 1.99. The van der Waals surface area contributed by atoms with Gasteiger partial charge < -0.3 is 4.90 Å². The molecular formula is C10H22ClN. The second-order valence-electron chi connectivity index (χ2n) is 3.18. The molecule has 0 saturated carbocycles. The van der Waals surface area contributed by atoms with E-state index in [0.717, 1.165) is 19.0 Å². The summed E-state index contributed by atoms with van der Waals surface area (Å²) < 4.78 is 0. The van der Waals surface area contributed by atoms with Gasteiger partial charge in [-0.2, -0.15) is 0 Å². The lowest BCUT2D eigenvalue weighted by molar-refractivity contribution is 0.297. The average Bonchev–Trinajstić information content (AvgIpc) is 2.10. The van der Waals surface area contributed by atoms with Crippen molar-refractivity contribution in [1.82, 2.24) is 4.90 Å². The molecule has 0 aromatic carbocycles. The third-order valence-corrected chi connectivity index (χ3v) is 2.34. The summed E-state index contributed by atoms with van der Waals surface area (Å²) in [6, 6.07) is 0. The van der Waals surface area contributed by atoms with Crippen molar-refractivity contribution in [3.05, 3.63) is 0 Å². The predicted octanol–water partition coefficient (Wildman–Crippen LogP) is 3.13. The molecule has 0 amide bonds. The van der Waals surface area contributed by atoms with E-state index in [1.54, 1.807) is 0 Å². The molecule has 0 saturated heterocycles. The van der Waals surface area contributed by atoms with Crippen LogP contribution in [0.15, 0.2) is 0 Å². The lowest BCUT2D eigenvalue weighted by atomic mass is 10.2. The first-order valence-electron chi connectivity index (χ1n) is 5.13. The molecule has 0 aliphatic carbocycles. The van der Waals surface area contributed by atoms with Crippen LogP contribution < -0.4 is 0 Å². The van der Waals surface area contributed by atoms with E-state index in [4.69, 9.17) is 11.6 Å². The Morgan fingerprint density at radius 2 is 1.75 bits per heavy atom. The maximum absolute atomic E-state index is 5.67. The van der Waals surface area contributed by atoms with Crippen LogP contribution in [0.5, 0.6) is 0 Å². The molecule has 0 N–H and O–H groups in total. The summed E-state index contributed by atoms with van der Waals surface area (Å²) in [7, 11) is 0. The number of nitrogens with zero attached hydrogens (tertiary/aromatic N) is 1. The Bertz CT molecular complexity index is 85.9. The molecule has 74 valence electrons. The Hall–Kier alpha value is 0.250. The lowest BCUT2D eigenvalue weighted by Crippen LogP contribution is -2.26. The Labute approximate surface area is 82.1 Å². The Balaban J connectivity index is 3.19. The van der Waals surface area contributed by atoms with Crippen LogP contribution in [0.3, 0.4) is 0 Å². The Morgan fingerprint density at radius 1 is 1.00 bits per heavy atom. The van der Waals surface area contributed by atoms with Gasteiger partial charge in [0, 0.05) is 12.4 Å². The van der Waals surface area contributed by atoms with Gasteiger partial charge in [-0.1, -0.05) is 33.1 Å². The molecule has 0 aromatic rings. The normalized spacial score (nSPS) is 11.0. The second-order valence-corrected chi connectivity index (χ2v) is 3.56. The van der Waals surface area contributed by atoms with E-state index in [2.05, 4.69) is 18.7 Å². The molecule has 1 nitrogen and oxygen atoms in total. The molecule has 0 bridgehead atoms. The number of hydrogen-bond donors (Lipinski definition) is 0. The molecule has 0 aliphatic rings.